The molecule has 2 unspecified atom stereocenters. The van der Waals surface area contributed by atoms with E-state index in [1.807, 2.05) is 11.0 Å². The molecule has 1 amide bonds. The van der Waals surface area contributed by atoms with E-state index in [-0.39, 0.29) is 30.1 Å². The van der Waals surface area contributed by atoms with Crippen LogP contribution in [0.2, 0.25) is 0 Å². The highest BCUT2D eigenvalue weighted by atomic mass is 32.1. The molecule has 1 aromatic heterocycles. The standard InChI is InChI=1S/C20H29N3OS/c1-13(2)23(14(3)4)20(24)15(5)22-12-8-10-17(22)19-21-16-9-6-7-11-18(16)25-19/h6-7,9,11,13-15,17H,8,10,12H2,1-5H3. The highest BCUT2D eigenvalue weighted by molar-refractivity contribution is 7.18. The lowest BCUT2D eigenvalue weighted by Crippen LogP contribution is -2.51. The molecule has 2 aromatic rings. The normalized spacial score (nSPS) is 19.9. The van der Waals surface area contributed by atoms with E-state index in [0.29, 0.717) is 0 Å². The summed E-state index contributed by atoms with van der Waals surface area (Å²) in [6.45, 7) is 11.4. The molecule has 5 heteroatoms. The van der Waals surface area contributed by atoms with Crippen LogP contribution in [0.5, 0.6) is 0 Å². The molecule has 0 radical (unpaired) electrons. The summed E-state index contributed by atoms with van der Waals surface area (Å²) in [7, 11) is 0. The van der Waals surface area contributed by atoms with Crippen molar-refractivity contribution in [2.45, 2.75) is 71.6 Å². The van der Waals surface area contributed by atoms with Crippen LogP contribution in [0.1, 0.15) is 58.5 Å². The van der Waals surface area contributed by atoms with Crippen LogP contribution in [0.15, 0.2) is 24.3 Å². The Morgan fingerprint density at radius 2 is 1.88 bits per heavy atom. The van der Waals surface area contributed by atoms with Gasteiger partial charge in [-0.05, 0) is 66.1 Å². The molecule has 4 nitrogen and oxygen atoms in total. The summed E-state index contributed by atoms with van der Waals surface area (Å²) in [6.07, 6.45) is 2.21. The summed E-state index contributed by atoms with van der Waals surface area (Å²) in [5, 5.41) is 1.15. The van der Waals surface area contributed by atoms with Gasteiger partial charge in [0.1, 0.15) is 5.01 Å². The second-order valence-corrected chi connectivity index (χ2v) is 8.59. The second kappa shape index (κ2) is 7.42. The van der Waals surface area contributed by atoms with Crippen LogP contribution in [0, 0.1) is 0 Å². The number of amides is 1. The van der Waals surface area contributed by atoms with E-state index in [1.54, 1.807) is 11.3 Å². The van der Waals surface area contributed by atoms with E-state index < -0.39 is 0 Å². The van der Waals surface area contributed by atoms with Gasteiger partial charge in [0, 0.05) is 12.1 Å². The number of hydrogen-bond acceptors (Lipinski definition) is 4. The predicted molar refractivity (Wildman–Crippen MR) is 105 cm³/mol. The van der Waals surface area contributed by atoms with Gasteiger partial charge in [0.2, 0.25) is 5.91 Å². The van der Waals surface area contributed by atoms with Gasteiger partial charge in [-0.2, -0.15) is 0 Å². The molecule has 0 aliphatic carbocycles. The molecular formula is C20H29N3OS. The second-order valence-electron chi connectivity index (χ2n) is 7.52. The number of benzene rings is 1. The van der Waals surface area contributed by atoms with Crippen molar-refractivity contribution in [1.29, 1.82) is 0 Å². The zero-order chi connectivity index (χ0) is 18.1. The van der Waals surface area contributed by atoms with E-state index in [9.17, 15) is 4.79 Å². The summed E-state index contributed by atoms with van der Waals surface area (Å²) in [5.41, 5.74) is 1.07. The number of fused-ring (bicyclic) bond motifs is 1. The highest BCUT2D eigenvalue weighted by Crippen LogP contribution is 2.38. The largest absolute Gasteiger partial charge is 0.336 e. The number of para-hydroxylation sites is 1. The predicted octanol–water partition coefficient (Wildman–Crippen LogP) is 4.47. The maximum atomic E-state index is 13.1. The van der Waals surface area contributed by atoms with Gasteiger partial charge in [-0.3, -0.25) is 9.69 Å². The maximum absolute atomic E-state index is 13.1. The van der Waals surface area contributed by atoms with Crippen LogP contribution in [0.3, 0.4) is 0 Å². The minimum absolute atomic E-state index is 0.107. The number of hydrogen-bond donors (Lipinski definition) is 0. The molecule has 25 heavy (non-hydrogen) atoms. The fraction of sp³-hybridized carbons (Fsp3) is 0.600. The summed E-state index contributed by atoms with van der Waals surface area (Å²) in [6, 6.07) is 8.89. The first-order chi connectivity index (χ1) is 11.9. The fourth-order valence-corrected chi connectivity index (χ4v) is 5.14. The molecule has 1 saturated heterocycles. The third-order valence-electron chi connectivity index (χ3n) is 5.11. The number of aromatic nitrogens is 1. The van der Waals surface area contributed by atoms with Crippen LogP contribution in [-0.4, -0.2) is 45.4 Å². The Morgan fingerprint density at radius 1 is 1.20 bits per heavy atom. The lowest BCUT2D eigenvalue weighted by Gasteiger charge is -2.37. The SMILES string of the molecule is CC(C(=O)N(C(C)C)C(C)C)N1CCCC1c1nc2ccccc2s1. The molecule has 1 aliphatic heterocycles. The molecule has 1 fully saturated rings. The van der Waals surface area contributed by atoms with E-state index >= 15 is 0 Å². The van der Waals surface area contributed by atoms with Gasteiger partial charge in [-0.25, -0.2) is 4.98 Å². The Kier molecular flexibility index (Phi) is 5.44. The van der Waals surface area contributed by atoms with Gasteiger partial charge in [-0.15, -0.1) is 11.3 Å². The Morgan fingerprint density at radius 3 is 2.52 bits per heavy atom. The van der Waals surface area contributed by atoms with Crippen molar-refractivity contribution in [3.8, 4) is 0 Å². The van der Waals surface area contributed by atoms with Gasteiger partial charge >= 0.3 is 0 Å². The smallest absolute Gasteiger partial charge is 0.240 e. The number of carbonyl (C=O) groups is 1. The van der Waals surface area contributed by atoms with Crippen LogP contribution in [0.4, 0.5) is 0 Å². The third-order valence-corrected chi connectivity index (χ3v) is 6.25. The summed E-state index contributed by atoms with van der Waals surface area (Å²) < 4.78 is 1.23. The Bertz CT molecular complexity index is 698. The summed E-state index contributed by atoms with van der Waals surface area (Å²) >= 11 is 1.77. The van der Waals surface area contributed by atoms with E-state index in [1.165, 1.54) is 4.70 Å². The first-order valence-electron chi connectivity index (χ1n) is 9.33. The number of rotatable bonds is 5. The lowest BCUT2D eigenvalue weighted by molar-refractivity contribution is -0.140. The van der Waals surface area contributed by atoms with Crippen LogP contribution >= 0.6 is 11.3 Å². The van der Waals surface area contributed by atoms with Crippen molar-refractivity contribution in [3.63, 3.8) is 0 Å². The first-order valence-corrected chi connectivity index (χ1v) is 10.1. The quantitative estimate of drug-likeness (QED) is 0.790. The maximum Gasteiger partial charge on any atom is 0.240 e. The highest BCUT2D eigenvalue weighted by Gasteiger charge is 2.37. The summed E-state index contributed by atoms with van der Waals surface area (Å²) in [5.74, 6) is 0.234. The number of carbonyl (C=O) groups excluding carboxylic acids is 1. The van der Waals surface area contributed by atoms with Gasteiger partial charge in [-0.1, -0.05) is 12.1 Å². The molecular weight excluding hydrogens is 330 g/mol. The third kappa shape index (κ3) is 3.58. The van der Waals surface area contributed by atoms with E-state index in [0.717, 1.165) is 29.9 Å². The van der Waals surface area contributed by atoms with Crippen molar-refractivity contribution < 1.29 is 4.79 Å². The van der Waals surface area contributed by atoms with Crippen molar-refractivity contribution in [1.82, 2.24) is 14.8 Å². The number of likely N-dealkylation sites (tertiary alicyclic amines) is 1. The number of thiazole rings is 1. The average Bonchev–Trinajstić information content (AvgIpc) is 3.19. The molecule has 0 bridgehead atoms. The number of nitrogens with zero attached hydrogens (tertiary/aromatic N) is 3. The van der Waals surface area contributed by atoms with Crippen LogP contribution in [0.25, 0.3) is 10.2 Å². The van der Waals surface area contributed by atoms with Crippen LogP contribution in [-0.2, 0) is 4.79 Å². The lowest BCUT2D eigenvalue weighted by atomic mass is 10.1. The molecule has 2 atom stereocenters. The monoisotopic (exact) mass is 359 g/mol. The molecule has 0 N–H and O–H groups in total. The fourth-order valence-electron chi connectivity index (χ4n) is 4.01. The molecule has 0 saturated carbocycles. The molecule has 2 heterocycles. The van der Waals surface area contributed by atoms with Gasteiger partial charge in [0.05, 0.1) is 22.3 Å². The van der Waals surface area contributed by atoms with Crippen molar-refractivity contribution in [3.05, 3.63) is 29.3 Å². The van der Waals surface area contributed by atoms with Crippen LogP contribution < -0.4 is 0 Å². The molecule has 3 rings (SSSR count). The summed E-state index contributed by atoms with van der Waals surface area (Å²) in [4.78, 5) is 22.4. The Labute approximate surface area is 154 Å². The zero-order valence-corrected chi connectivity index (χ0v) is 16.7. The molecule has 0 spiro atoms. The minimum Gasteiger partial charge on any atom is -0.336 e. The van der Waals surface area contributed by atoms with E-state index in [4.69, 9.17) is 4.98 Å². The van der Waals surface area contributed by atoms with Gasteiger partial charge < -0.3 is 4.90 Å². The van der Waals surface area contributed by atoms with Crippen molar-refractivity contribution in [2.24, 2.45) is 0 Å². The molecule has 136 valence electrons. The van der Waals surface area contributed by atoms with Crippen molar-refractivity contribution >= 4 is 27.5 Å². The van der Waals surface area contributed by atoms with E-state index in [2.05, 4.69) is 57.7 Å². The Hall–Kier alpha value is -1.46. The Balaban J connectivity index is 1.84. The molecule has 1 aliphatic rings. The average molecular weight is 360 g/mol. The minimum atomic E-state index is -0.107. The first kappa shape index (κ1) is 18.3. The van der Waals surface area contributed by atoms with Crippen molar-refractivity contribution in [2.75, 3.05) is 6.54 Å². The zero-order valence-electron chi connectivity index (χ0n) is 15.9. The molecule has 1 aromatic carbocycles. The van der Waals surface area contributed by atoms with Gasteiger partial charge in [0.15, 0.2) is 0 Å². The van der Waals surface area contributed by atoms with Gasteiger partial charge in [0.25, 0.3) is 0 Å². The topological polar surface area (TPSA) is 36.4 Å².